The summed E-state index contributed by atoms with van der Waals surface area (Å²) in [7, 11) is 4.10. The lowest BCUT2D eigenvalue weighted by Crippen LogP contribution is -2.14. The van der Waals surface area contributed by atoms with Crippen LogP contribution in [0, 0.1) is 0 Å². The van der Waals surface area contributed by atoms with E-state index in [4.69, 9.17) is 0 Å². The van der Waals surface area contributed by atoms with Crippen molar-refractivity contribution in [3.8, 4) is 0 Å². The van der Waals surface area contributed by atoms with Crippen LogP contribution in [0.5, 0.6) is 0 Å². The van der Waals surface area contributed by atoms with Gasteiger partial charge in [0.25, 0.3) is 0 Å². The van der Waals surface area contributed by atoms with Crippen LogP contribution in [0.4, 0.5) is 5.69 Å². The average Bonchev–Trinajstić information content (AvgIpc) is 3.07. The van der Waals surface area contributed by atoms with Gasteiger partial charge in [-0.05, 0) is 35.4 Å². The van der Waals surface area contributed by atoms with E-state index in [-0.39, 0.29) is 6.04 Å². The molecule has 3 aromatic carbocycles. The summed E-state index contributed by atoms with van der Waals surface area (Å²) >= 11 is 0. The van der Waals surface area contributed by atoms with Crippen molar-refractivity contribution in [3.63, 3.8) is 0 Å². The first kappa shape index (κ1) is 15.4. The standard InChI is InChI=1S/C21H20N4/c1-24(2)18-14-12-17(13-15-18)21(16-8-4-3-5-9-16)25-20-11-7-6-10-19(20)22-23-25/h3-15,21H,1-2H3/t21-/m0/s1. The molecular weight excluding hydrogens is 308 g/mol. The maximum atomic E-state index is 4.46. The number of hydrogen-bond donors (Lipinski definition) is 0. The summed E-state index contributed by atoms with van der Waals surface area (Å²) in [5.74, 6) is 0. The van der Waals surface area contributed by atoms with Crippen molar-refractivity contribution in [1.29, 1.82) is 0 Å². The zero-order chi connectivity index (χ0) is 17.2. The first-order valence-electron chi connectivity index (χ1n) is 8.36. The highest BCUT2D eigenvalue weighted by Crippen LogP contribution is 2.29. The Morgan fingerprint density at radius 1 is 0.760 bits per heavy atom. The van der Waals surface area contributed by atoms with E-state index in [9.17, 15) is 0 Å². The molecule has 0 unspecified atom stereocenters. The fourth-order valence-electron chi connectivity index (χ4n) is 3.14. The van der Waals surface area contributed by atoms with Gasteiger partial charge in [-0.2, -0.15) is 0 Å². The second-order valence-corrected chi connectivity index (χ2v) is 6.32. The molecule has 0 amide bonds. The molecule has 0 spiro atoms. The van der Waals surface area contributed by atoms with Crippen molar-refractivity contribution in [2.75, 3.05) is 19.0 Å². The van der Waals surface area contributed by atoms with Crippen molar-refractivity contribution in [3.05, 3.63) is 90.0 Å². The van der Waals surface area contributed by atoms with Gasteiger partial charge in [0.1, 0.15) is 11.6 Å². The largest absolute Gasteiger partial charge is 0.378 e. The van der Waals surface area contributed by atoms with Gasteiger partial charge in [-0.1, -0.05) is 59.8 Å². The molecule has 25 heavy (non-hydrogen) atoms. The third kappa shape index (κ3) is 2.87. The Hall–Kier alpha value is -3.14. The molecule has 0 fully saturated rings. The molecule has 4 rings (SSSR count). The quantitative estimate of drug-likeness (QED) is 0.565. The summed E-state index contributed by atoms with van der Waals surface area (Å²) in [4.78, 5) is 2.10. The second-order valence-electron chi connectivity index (χ2n) is 6.32. The summed E-state index contributed by atoms with van der Waals surface area (Å²) in [6, 6.07) is 27.1. The SMILES string of the molecule is CN(C)c1ccc([C@H](c2ccccc2)n2nnc3ccccc32)cc1. The zero-order valence-electron chi connectivity index (χ0n) is 14.4. The van der Waals surface area contributed by atoms with Gasteiger partial charge in [-0.3, -0.25) is 0 Å². The molecule has 0 aliphatic rings. The van der Waals surface area contributed by atoms with Gasteiger partial charge in [-0.15, -0.1) is 5.10 Å². The minimum absolute atomic E-state index is 0.00943. The van der Waals surface area contributed by atoms with Crippen molar-refractivity contribution < 1.29 is 0 Å². The summed E-state index contributed by atoms with van der Waals surface area (Å²) in [6.45, 7) is 0. The molecule has 124 valence electrons. The Morgan fingerprint density at radius 2 is 1.40 bits per heavy atom. The molecular formula is C21H20N4. The molecule has 1 heterocycles. The number of hydrogen-bond acceptors (Lipinski definition) is 3. The van der Waals surface area contributed by atoms with Gasteiger partial charge in [0.05, 0.1) is 5.52 Å². The van der Waals surface area contributed by atoms with Gasteiger partial charge in [0, 0.05) is 19.8 Å². The van der Waals surface area contributed by atoms with Crippen LogP contribution in [0.25, 0.3) is 11.0 Å². The molecule has 0 N–H and O–H groups in total. The highest BCUT2D eigenvalue weighted by molar-refractivity contribution is 5.74. The van der Waals surface area contributed by atoms with E-state index in [1.54, 1.807) is 0 Å². The Labute approximate surface area is 147 Å². The van der Waals surface area contributed by atoms with Crippen LogP contribution in [0.1, 0.15) is 17.2 Å². The topological polar surface area (TPSA) is 34.0 Å². The lowest BCUT2D eigenvalue weighted by atomic mass is 9.98. The summed E-state index contributed by atoms with van der Waals surface area (Å²) in [6.07, 6.45) is 0. The van der Waals surface area contributed by atoms with E-state index in [0.29, 0.717) is 0 Å². The third-order valence-corrected chi connectivity index (χ3v) is 4.46. The number of para-hydroxylation sites is 1. The van der Waals surface area contributed by atoms with E-state index >= 15 is 0 Å². The maximum absolute atomic E-state index is 4.46. The molecule has 4 aromatic rings. The minimum atomic E-state index is -0.00943. The van der Waals surface area contributed by atoms with Crippen molar-refractivity contribution in [2.45, 2.75) is 6.04 Å². The van der Waals surface area contributed by atoms with E-state index < -0.39 is 0 Å². The molecule has 4 heteroatoms. The molecule has 0 saturated carbocycles. The van der Waals surface area contributed by atoms with Crippen LogP contribution in [-0.2, 0) is 0 Å². The predicted octanol–water partition coefficient (Wildman–Crippen LogP) is 4.14. The highest BCUT2D eigenvalue weighted by atomic mass is 15.4. The van der Waals surface area contributed by atoms with E-state index in [0.717, 1.165) is 11.0 Å². The summed E-state index contributed by atoms with van der Waals surface area (Å²) < 4.78 is 2.01. The lowest BCUT2D eigenvalue weighted by Gasteiger charge is -2.20. The first-order chi connectivity index (χ1) is 12.2. The minimum Gasteiger partial charge on any atom is -0.378 e. The smallest absolute Gasteiger partial charge is 0.113 e. The third-order valence-electron chi connectivity index (χ3n) is 4.46. The van der Waals surface area contributed by atoms with Gasteiger partial charge in [-0.25, -0.2) is 4.68 Å². The van der Waals surface area contributed by atoms with Crippen LogP contribution >= 0.6 is 0 Å². The average molecular weight is 328 g/mol. The molecule has 4 nitrogen and oxygen atoms in total. The molecule has 0 aliphatic heterocycles. The number of fused-ring (bicyclic) bond motifs is 1. The Balaban J connectivity index is 1.88. The molecule has 1 aromatic heterocycles. The normalized spacial score (nSPS) is 12.2. The van der Waals surface area contributed by atoms with Crippen molar-refractivity contribution >= 4 is 16.7 Å². The van der Waals surface area contributed by atoms with Gasteiger partial charge in [0.2, 0.25) is 0 Å². The van der Waals surface area contributed by atoms with Gasteiger partial charge < -0.3 is 4.90 Å². The summed E-state index contributed by atoms with van der Waals surface area (Å²) in [5.41, 5.74) is 5.50. The molecule has 0 aliphatic carbocycles. The van der Waals surface area contributed by atoms with Crippen molar-refractivity contribution in [2.24, 2.45) is 0 Å². The summed E-state index contributed by atoms with van der Waals surface area (Å²) in [5, 5.41) is 8.80. The monoisotopic (exact) mass is 328 g/mol. The van der Waals surface area contributed by atoms with Gasteiger partial charge in [0.15, 0.2) is 0 Å². The van der Waals surface area contributed by atoms with Gasteiger partial charge >= 0.3 is 0 Å². The molecule has 0 bridgehead atoms. The Morgan fingerprint density at radius 3 is 2.12 bits per heavy atom. The zero-order valence-corrected chi connectivity index (χ0v) is 14.4. The number of aromatic nitrogens is 3. The van der Waals surface area contributed by atoms with Crippen LogP contribution in [-0.4, -0.2) is 29.1 Å². The van der Waals surface area contributed by atoms with E-state index in [1.165, 1.54) is 16.8 Å². The second kappa shape index (κ2) is 6.40. The number of rotatable bonds is 4. The first-order valence-corrected chi connectivity index (χ1v) is 8.36. The predicted molar refractivity (Wildman–Crippen MR) is 102 cm³/mol. The number of anilines is 1. The molecule has 1 atom stereocenters. The van der Waals surface area contributed by atoms with Crippen LogP contribution in [0.2, 0.25) is 0 Å². The fourth-order valence-corrected chi connectivity index (χ4v) is 3.14. The fraction of sp³-hybridized carbons (Fsp3) is 0.143. The highest BCUT2D eigenvalue weighted by Gasteiger charge is 2.20. The molecule has 0 radical (unpaired) electrons. The van der Waals surface area contributed by atoms with Crippen LogP contribution < -0.4 is 4.90 Å². The number of benzene rings is 3. The van der Waals surface area contributed by atoms with Crippen LogP contribution in [0.15, 0.2) is 78.9 Å². The van der Waals surface area contributed by atoms with E-state index in [1.807, 2.05) is 28.9 Å². The Bertz CT molecular complexity index is 972. The lowest BCUT2D eigenvalue weighted by molar-refractivity contribution is 0.589. The molecule has 0 saturated heterocycles. The maximum Gasteiger partial charge on any atom is 0.113 e. The number of nitrogens with zero attached hydrogens (tertiary/aromatic N) is 4. The Kier molecular flexibility index (Phi) is 3.94. The van der Waals surface area contributed by atoms with E-state index in [2.05, 4.69) is 83.9 Å². The van der Waals surface area contributed by atoms with Crippen molar-refractivity contribution in [1.82, 2.24) is 15.0 Å². The van der Waals surface area contributed by atoms with Crippen LogP contribution in [0.3, 0.4) is 0 Å².